The molecule has 1 heterocycles. The normalized spacial score (nSPS) is 19.4. The molecule has 29 heavy (non-hydrogen) atoms. The summed E-state index contributed by atoms with van der Waals surface area (Å²) in [6.07, 6.45) is 7.85. The van der Waals surface area contributed by atoms with Gasteiger partial charge in [-0.1, -0.05) is 56.9 Å². The topological polar surface area (TPSA) is 18.5 Å². The van der Waals surface area contributed by atoms with E-state index in [4.69, 9.17) is 9.47 Å². The van der Waals surface area contributed by atoms with Gasteiger partial charge in [-0.05, 0) is 48.6 Å². The molecular weight excluding hydrogens is 370 g/mol. The molecule has 0 saturated carbocycles. The first-order valence-electron chi connectivity index (χ1n) is 10.8. The summed E-state index contributed by atoms with van der Waals surface area (Å²) in [5.41, 5.74) is 2.58. The molecule has 158 valence electrons. The Morgan fingerprint density at radius 1 is 0.862 bits per heavy atom. The smallest absolute Gasteiger partial charge is 0.157 e. The number of benzene rings is 2. The summed E-state index contributed by atoms with van der Waals surface area (Å²) in [6.45, 7) is 5.26. The van der Waals surface area contributed by atoms with Crippen molar-refractivity contribution in [3.63, 3.8) is 0 Å². The predicted molar refractivity (Wildman–Crippen MR) is 113 cm³/mol. The van der Waals surface area contributed by atoms with E-state index in [1.54, 1.807) is 0 Å². The molecule has 0 amide bonds. The van der Waals surface area contributed by atoms with E-state index >= 15 is 0 Å². The Morgan fingerprint density at radius 3 is 2.14 bits per heavy atom. The van der Waals surface area contributed by atoms with Gasteiger partial charge in [0, 0.05) is 17.9 Å². The van der Waals surface area contributed by atoms with E-state index in [2.05, 4.69) is 6.92 Å². The van der Waals surface area contributed by atoms with Gasteiger partial charge in [-0.25, -0.2) is 8.78 Å². The highest BCUT2D eigenvalue weighted by Crippen LogP contribution is 2.25. The van der Waals surface area contributed by atoms with Crippen LogP contribution in [0.25, 0.3) is 11.1 Å². The first-order valence-corrected chi connectivity index (χ1v) is 10.8. The third kappa shape index (κ3) is 6.35. The number of rotatable bonds is 9. The zero-order valence-corrected chi connectivity index (χ0v) is 17.6. The average Bonchev–Trinajstić information content (AvgIpc) is 2.74. The van der Waals surface area contributed by atoms with Crippen LogP contribution in [0.2, 0.25) is 0 Å². The molecule has 1 aliphatic heterocycles. The Balaban J connectivity index is 1.44. The molecule has 0 bridgehead atoms. The fraction of sp³-hybridized carbons (Fsp3) is 0.520. The summed E-state index contributed by atoms with van der Waals surface area (Å²) in [5.74, 6) is -0.503. The van der Waals surface area contributed by atoms with E-state index in [-0.39, 0.29) is 11.9 Å². The van der Waals surface area contributed by atoms with Crippen LogP contribution in [0.1, 0.15) is 56.6 Å². The summed E-state index contributed by atoms with van der Waals surface area (Å²) < 4.78 is 39.4. The number of unbranched alkanes of at least 4 members (excludes halogenated alkanes) is 3. The fourth-order valence-electron chi connectivity index (χ4n) is 3.74. The van der Waals surface area contributed by atoms with E-state index in [1.807, 2.05) is 24.3 Å². The minimum atomic E-state index is -0.514. The van der Waals surface area contributed by atoms with Crippen molar-refractivity contribution in [3.05, 3.63) is 59.2 Å². The van der Waals surface area contributed by atoms with Crippen molar-refractivity contribution in [2.24, 2.45) is 5.92 Å². The maximum absolute atomic E-state index is 13.8. The molecule has 3 rings (SSSR count). The summed E-state index contributed by atoms with van der Waals surface area (Å²) >= 11 is 0. The van der Waals surface area contributed by atoms with Crippen molar-refractivity contribution in [2.45, 2.75) is 65.1 Å². The van der Waals surface area contributed by atoms with Crippen LogP contribution in [0.4, 0.5) is 8.78 Å². The van der Waals surface area contributed by atoms with Crippen molar-refractivity contribution in [2.75, 3.05) is 13.2 Å². The van der Waals surface area contributed by atoms with E-state index in [0.717, 1.165) is 37.2 Å². The van der Waals surface area contributed by atoms with Crippen LogP contribution in [0.5, 0.6) is 0 Å². The Morgan fingerprint density at radius 2 is 1.52 bits per heavy atom. The summed E-state index contributed by atoms with van der Waals surface area (Å²) in [4.78, 5) is 0. The average molecular weight is 403 g/mol. The second-order valence-corrected chi connectivity index (χ2v) is 8.11. The molecule has 0 aromatic heterocycles. The van der Waals surface area contributed by atoms with Crippen molar-refractivity contribution in [3.8, 4) is 11.1 Å². The van der Waals surface area contributed by atoms with Crippen molar-refractivity contribution in [1.82, 2.24) is 0 Å². The highest BCUT2D eigenvalue weighted by Gasteiger charge is 2.21. The molecule has 0 N–H and O–H groups in total. The fourth-order valence-corrected chi connectivity index (χ4v) is 3.74. The van der Waals surface area contributed by atoms with Gasteiger partial charge in [0.15, 0.2) is 6.29 Å². The van der Waals surface area contributed by atoms with E-state index < -0.39 is 11.6 Å². The Kier molecular flexibility index (Phi) is 8.19. The van der Waals surface area contributed by atoms with E-state index in [1.165, 1.54) is 51.2 Å². The van der Waals surface area contributed by atoms with Gasteiger partial charge in [0.25, 0.3) is 0 Å². The summed E-state index contributed by atoms with van der Waals surface area (Å²) in [6, 6.07) is 10.6. The van der Waals surface area contributed by atoms with Crippen LogP contribution >= 0.6 is 0 Å². The first-order chi connectivity index (χ1) is 14.1. The molecule has 0 atom stereocenters. The number of aryl methyl sites for hydroxylation is 1. The highest BCUT2D eigenvalue weighted by molar-refractivity contribution is 5.64. The largest absolute Gasteiger partial charge is 0.352 e. The van der Waals surface area contributed by atoms with Gasteiger partial charge in [0.1, 0.15) is 11.6 Å². The minimum Gasteiger partial charge on any atom is -0.352 e. The third-order valence-electron chi connectivity index (χ3n) is 5.74. The lowest BCUT2D eigenvalue weighted by Crippen LogP contribution is -2.32. The lowest BCUT2D eigenvalue weighted by atomic mass is 10.00. The van der Waals surface area contributed by atoms with Crippen LogP contribution < -0.4 is 0 Å². The molecule has 4 heteroatoms. The molecule has 0 radical (unpaired) electrons. The first kappa shape index (κ1) is 21.9. The SMILES string of the molecule is CCCCCCC1COC(CCc2ccc(-c3cc(F)c(C)c(F)c3)cc2)OC1. The Hall–Kier alpha value is -1.78. The molecule has 2 aromatic rings. The van der Waals surface area contributed by atoms with Crippen molar-refractivity contribution >= 4 is 0 Å². The third-order valence-corrected chi connectivity index (χ3v) is 5.74. The Bertz CT molecular complexity index is 742. The lowest BCUT2D eigenvalue weighted by molar-refractivity contribution is -0.203. The Labute approximate surface area is 173 Å². The summed E-state index contributed by atoms with van der Waals surface area (Å²) in [7, 11) is 0. The van der Waals surface area contributed by atoms with Gasteiger partial charge >= 0.3 is 0 Å². The second-order valence-electron chi connectivity index (χ2n) is 8.11. The van der Waals surface area contributed by atoms with E-state index in [9.17, 15) is 8.78 Å². The number of hydrogen-bond donors (Lipinski definition) is 0. The van der Waals surface area contributed by atoms with Crippen molar-refractivity contribution in [1.29, 1.82) is 0 Å². The minimum absolute atomic E-state index is 0.0565. The monoisotopic (exact) mass is 402 g/mol. The molecule has 1 aliphatic rings. The molecule has 1 fully saturated rings. The molecule has 2 aromatic carbocycles. The van der Waals surface area contributed by atoms with Gasteiger partial charge in [0.05, 0.1) is 13.2 Å². The molecule has 0 aliphatic carbocycles. The zero-order valence-electron chi connectivity index (χ0n) is 17.6. The maximum Gasteiger partial charge on any atom is 0.157 e. The van der Waals surface area contributed by atoms with Gasteiger partial charge in [-0.3, -0.25) is 0 Å². The lowest BCUT2D eigenvalue weighted by Gasteiger charge is -2.29. The zero-order chi connectivity index (χ0) is 20.6. The molecule has 1 saturated heterocycles. The maximum atomic E-state index is 13.8. The second kappa shape index (κ2) is 10.8. The predicted octanol–water partition coefficient (Wildman–Crippen LogP) is 6.83. The van der Waals surface area contributed by atoms with Crippen LogP contribution in [-0.2, 0) is 15.9 Å². The van der Waals surface area contributed by atoms with E-state index in [0.29, 0.717) is 11.5 Å². The van der Waals surface area contributed by atoms with Gasteiger partial charge in [-0.15, -0.1) is 0 Å². The quantitative estimate of drug-likeness (QED) is 0.428. The number of hydrogen-bond acceptors (Lipinski definition) is 2. The molecule has 0 spiro atoms. The number of ether oxygens (including phenoxy) is 2. The highest BCUT2D eigenvalue weighted by atomic mass is 19.1. The van der Waals surface area contributed by atoms with Crippen LogP contribution in [-0.4, -0.2) is 19.5 Å². The summed E-state index contributed by atoms with van der Waals surface area (Å²) in [5, 5.41) is 0. The molecule has 2 nitrogen and oxygen atoms in total. The van der Waals surface area contributed by atoms with Gasteiger partial charge in [0.2, 0.25) is 0 Å². The number of halogens is 2. The van der Waals surface area contributed by atoms with Crippen LogP contribution in [0.15, 0.2) is 36.4 Å². The standard InChI is InChI=1S/C25H32F2O2/c1-3-4-5-6-7-20-16-28-25(29-17-20)13-10-19-8-11-21(12-9-19)22-14-23(26)18(2)24(27)15-22/h8-9,11-12,14-15,20,25H,3-7,10,13,16-17H2,1-2H3. The van der Waals surface area contributed by atoms with Crippen LogP contribution in [0, 0.1) is 24.5 Å². The molecular formula is C25H32F2O2. The van der Waals surface area contributed by atoms with Gasteiger partial charge < -0.3 is 9.47 Å². The van der Waals surface area contributed by atoms with Crippen molar-refractivity contribution < 1.29 is 18.3 Å². The molecule has 0 unspecified atom stereocenters. The van der Waals surface area contributed by atoms with Crippen LogP contribution in [0.3, 0.4) is 0 Å². The van der Waals surface area contributed by atoms with Gasteiger partial charge in [-0.2, -0.15) is 0 Å².